The molecule has 2 aromatic rings. The first-order valence-corrected chi connectivity index (χ1v) is 7.82. The molecule has 25 heavy (non-hydrogen) atoms. The van der Waals surface area contributed by atoms with Crippen molar-refractivity contribution in [2.75, 3.05) is 24.9 Å². The minimum absolute atomic E-state index is 0.0402. The number of rotatable bonds is 7. The molecule has 0 atom stereocenters. The Hall–Kier alpha value is -3.10. The second-order valence-corrected chi connectivity index (χ2v) is 5.68. The molecule has 2 amide bonds. The molecule has 1 aliphatic carbocycles. The van der Waals surface area contributed by atoms with Gasteiger partial charge < -0.3 is 20.1 Å². The molecule has 0 unspecified atom stereocenters. The highest BCUT2D eigenvalue weighted by Crippen LogP contribution is 2.30. The van der Waals surface area contributed by atoms with Crippen LogP contribution in [0.2, 0.25) is 0 Å². The van der Waals surface area contributed by atoms with Gasteiger partial charge in [0, 0.05) is 12.0 Å². The van der Waals surface area contributed by atoms with Crippen molar-refractivity contribution in [1.29, 1.82) is 0 Å². The summed E-state index contributed by atoms with van der Waals surface area (Å²) < 4.78 is 11.7. The van der Waals surface area contributed by atoms with E-state index in [4.69, 9.17) is 9.47 Å². The molecule has 132 valence electrons. The molecule has 1 aromatic heterocycles. The summed E-state index contributed by atoms with van der Waals surface area (Å²) in [4.78, 5) is 23.9. The fourth-order valence-electron chi connectivity index (χ4n) is 2.25. The number of aromatic nitrogens is 3. The molecule has 9 heteroatoms. The molecule has 9 nitrogen and oxygen atoms in total. The quantitative estimate of drug-likeness (QED) is 0.783. The van der Waals surface area contributed by atoms with Crippen LogP contribution in [-0.4, -0.2) is 41.0 Å². The molecule has 3 rings (SSSR count). The summed E-state index contributed by atoms with van der Waals surface area (Å²) in [5.74, 6) is 1.18. The Labute approximate surface area is 144 Å². The molecule has 1 fully saturated rings. The van der Waals surface area contributed by atoms with Crippen molar-refractivity contribution in [2.45, 2.75) is 19.4 Å². The Morgan fingerprint density at radius 3 is 2.72 bits per heavy atom. The van der Waals surface area contributed by atoms with E-state index >= 15 is 0 Å². The minimum Gasteiger partial charge on any atom is -0.497 e. The number of ether oxygens (including phenoxy) is 2. The number of anilines is 2. The summed E-state index contributed by atoms with van der Waals surface area (Å²) in [6.45, 7) is -0.0402. The van der Waals surface area contributed by atoms with Crippen LogP contribution in [0.25, 0.3) is 0 Å². The molecule has 1 saturated carbocycles. The third kappa shape index (κ3) is 4.25. The van der Waals surface area contributed by atoms with Crippen LogP contribution in [0.4, 0.5) is 11.5 Å². The predicted molar refractivity (Wildman–Crippen MR) is 89.6 cm³/mol. The number of methoxy groups -OCH3 is 2. The molecule has 0 spiro atoms. The van der Waals surface area contributed by atoms with E-state index in [1.54, 1.807) is 25.3 Å². The van der Waals surface area contributed by atoms with Crippen molar-refractivity contribution in [3.63, 3.8) is 0 Å². The molecule has 0 aliphatic heterocycles. The smallest absolute Gasteiger partial charge is 0.246 e. The fraction of sp³-hybridized carbons (Fsp3) is 0.375. The van der Waals surface area contributed by atoms with Gasteiger partial charge in [-0.1, -0.05) is 5.21 Å². The zero-order chi connectivity index (χ0) is 17.8. The van der Waals surface area contributed by atoms with E-state index in [1.165, 1.54) is 18.0 Å². The van der Waals surface area contributed by atoms with Crippen LogP contribution in [0.5, 0.6) is 11.5 Å². The number of benzene rings is 1. The number of nitrogens with one attached hydrogen (secondary N) is 2. The number of nitrogens with zero attached hydrogens (tertiary/aromatic N) is 3. The maximum atomic E-state index is 12.2. The van der Waals surface area contributed by atoms with Crippen LogP contribution in [-0.2, 0) is 16.1 Å². The largest absolute Gasteiger partial charge is 0.497 e. The van der Waals surface area contributed by atoms with Gasteiger partial charge in [0.1, 0.15) is 18.0 Å². The van der Waals surface area contributed by atoms with Crippen molar-refractivity contribution in [2.24, 2.45) is 5.92 Å². The van der Waals surface area contributed by atoms with Crippen LogP contribution in [0.15, 0.2) is 24.4 Å². The summed E-state index contributed by atoms with van der Waals surface area (Å²) in [5, 5.41) is 13.1. The molecular weight excluding hydrogens is 326 g/mol. The molecule has 0 bridgehead atoms. The van der Waals surface area contributed by atoms with Gasteiger partial charge in [-0.25, -0.2) is 4.68 Å². The van der Waals surface area contributed by atoms with Crippen LogP contribution in [0.1, 0.15) is 12.8 Å². The number of hydrogen-bond acceptors (Lipinski definition) is 6. The molecule has 0 radical (unpaired) electrons. The zero-order valence-corrected chi connectivity index (χ0v) is 14.0. The van der Waals surface area contributed by atoms with Crippen molar-refractivity contribution < 1.29 is 19.1 Å². The van der Waals surface area contributed by atoms with Crippen LogP contribution < -0.4 is 20.1 Å². The highest BCUT2D eigenvalue weighted by atomic mass is 16.5. The summed E-state index contributed by atoms with van der Waals surface area (Å²) in [6, 6.07) is 5.09. The third-order valence-corrected chi connectivity index (χ3v) is 3.73. The normalized spacial score (nSPS) is 13.2. The number of carbonyl (C=O) groups is 2. The lowest BCUT2D eigenvalue weighted by Gasteiger charge is -2.11. The van der Waals surface area contributed by atoms with Gasteiger partial charge in [0.2, 0.25) is 11.8 Å². The fourth-order valence-corrected chi connectivity index (χ4v) is 2.25. The number of carbonyl (C=O) groups excluding carboxylic acids is 2. The molecule has 1 heterocycles. The van der Waals surface area contributed by atoms with Gasteiger partial charge in [0.25, 0.3) is 0 Å². The Kier molecular flexibility index (Phi) is 4.82. The van der Waals surface area contributed by atoms with Gasteiger partial charge in [-0.05, 0) is 25.0 Å². The highest BCUT2D eigenvalue weighted by Gasteiger charge is 2.30. The minimum atomic E-state index is -0.298. The van der Waals surface area contributed by atoms with Crippen molar-refractivity contribution >= 4 is 23.3 Å². The Bertz CT molecular complexity index is 785. The monoisotopic (exact) mass is 345 g/mol. The summed E-state index contributed by atoms with van der Waals surface area (Å²) in [5.41, 5.74) is 0.524. The molecule has 1 aliphatic rings. The van der Waals surface area contributed by atoms with Gasteiger partial charge >= 0.3 is 0 Å². The first-order valence-electron chi connectivity index (χ1n) is 7.82. The zero-order valence-electron chi connectivity index (χ0n) is 14.0. The first kappa shape index (κ1) is 16.7. The average Bonchev–Trinajstić information content (AvgIpc) is 3.37. The summed E-state index contributed by atoms with van der Waals surface area (Å²) in [7, 11) is 3.06. The second-order valence-electron chi connectivity index (χ2n) is 5.68. The van der Waals surface area contributed by atoms with Gasteiger partial charge in [-0.15, -0.1) is 5.10 Å². The highest BCUT2D eigenvalue weighted by molar-refractivity contribution is 5.93. The van der Waals surface area contributed by atoms with Crippen molar-refractivity contribution in [1.82, 2.24) is 15.0 Å². The van der Waals surface area contributed by atoms with Gasteiger partial charge in [-0.2, -0.15) is 0 Å². The molecule has 2 N–H and O–H groups in total. The summed E-state index contributed by atoms with van der Waals surface area (Å²) in [6.07, 6.45) is 3.34. The maximum Gasteiger partial charge on any atom is 0.246 e. The van der Waals surface area contributed by atoms with E-state index in [0.29, 0.717) is 23.0 Å². The lowest BCUT2D eigenvalue weighted by Crippen LogP contribution is -2.19. The van der Waals surface area contributed by atoms with E-state index in [9.17, 15) is 9.59 Å². The first-order chi connectivity index (χ1) is 12.1. The van der Waals surface area contributed by atoms with Crippen LogP contribution in [0.3, 0.4) is 0 Å². The third-order valence-electron chi connectivity index (χ3n) is 3.73. The SMILES string of the molecule is COc1ccc(NC(=O)Cn2cc(NC(=O)C3CC3)nn2)c(OC)c1. The lowest BCUT2D eigenvalue weighted by molar-refractivity contribution is -0.117. The standard InChI is InChI=1S/C16H19N5O4/c1-24-11-5-6-12(13(7-11)25-2)17-15(22)9-21-8-14(19-20-21)18-16(23)10-3-4-10/h5-8,10H,3-4,9H2,1-2H3,(H,17,22)(H,18,23). The van der Waals surface area contributed by atoms with Crippen LogP contribution >= 0.6 is 0 Å². The summed E-state index contributed by atoms with van der Waals surface area (Å²) >= 11 is 0. The lowest BCUT2D eigenvalue weighted by atomic mass is 10.2. The van der Waals surface area contributed by atoms with E-state index < -0.39 is 0 Å². The average molecular weight is 345 g/mol. The van der Waals surface area contributed by atoms with E-state index in [2.05, 4.69) is 20.9 Å². The molecule has 0 saturated heterocycles. The second kappa shape index (κ2) is 7.20. The van der Waals surface area contributed by atoms with Gasteiger partial charge in [-0.3, -0.25) is 9.59 Å². The van der Waals surface area contributed by atoms with E-state index in [0.717, 1.165) is 12.8 Å². The van der Waals surface area contributed by atoms with Crippen LogP contribution in [0, 0.1) is 5.92 Å². The Balaban J connectivity index is 1.59. The number of amides is 2. The van der Waals surface area contributed by atoms with E-state index in [-0.39, 0.29) is 24.3 Å². The maximum absolute atomic E-state index is 12.2. The Morgan fingerprint density at radius 1 is 1.24 bits per heavy atom. The topological polar surface area (TPSA) is 107 Å². The van der Waals surface area contributed by atoms with Crippen molar-refractivity contribution in [3.8, 4) is 11.5 Å². The molecular formula is C16H19N5O4. The number of hydrogen-bond donors (Lipinski definition) is 2. The Morgan fingerprint density at radius 2 is 2.04 bits per heavy atom. The molecule has 1 aromatic carbocycles. The predicted octanol–water partition coefficient (Wildman–Crippen LogP) is 1.28. The van der Waals surface area contributed by atoms with Gasteiger partial charge in [0.15, 0.2) is 5.82 Å². The van der Waals surface area contributed by atoms with E-state index in [1.807, 2.05) is 0 Å². The van der Waals surface area contributed by atoms with Gasteiger partial charge in [0.05, 0.1) is 26.1 Å². The van der Waals surface area contributed by atoms with Crippen molar-refractivity contribution in [3.05, 3.63) is 24.4 Å².